The Morgan fingerprint density at radius 1 is 0.425 bits per heavy atom. The van der Waals surface area contributed by atoms with Crippen LogP contribution in [-0.4, -0.2) is 333 Å². The first-order valence-corrected chi connectivity index (χ1v) is 41.1. The molecule has 0 fully saturated rings. The maximum Gasteiger partial charge on any atom is 0.345 e. The molecule has 0 aliphatic carbocycles. The van der Waals surface area contributed by atoms with Crippen molar-refractivity contribution in [2.45, 2.75) is 117 Å². The lowest BCUT2D eigenvalue weighted by molar-refractivity contribution is -0.645. The van der Waals surface area contributed by atoms with Crippen molar-refractivity contribution in [3.05, 3.63) is 70.8 Å². The number of fused-ring (bicyclic) bond motifs is 2. The van der Waals surface area contributed by atoms with Crippen molar-refractivity contribution in [1.82, 2.24) is 5.32 Å². The Kier molecular flexibility index (Phi) is 56.8. The van der Waals surface area contributed by atoms with Crippen LogP contribution in [0.5, 0.6) is 17.2 Å². The lowest BCUT2D eigenvalue weighted by Crippen LogP contribution is -2.38. The maximum absolute atomic E-state index is 16.0. The zero-order valence-electron chi connectivity index (χ0n) is 68.8. The molecule has 32 nitrogen and oxygen atoms in total. The summed E-state index contributed by atoms with van der Waals surface area (Å²) in [5.74, 6) is -1.04. The number of benzene rings is 3. The van der Waals surface area contributed by atoms with E-state index in [9.17, 15) is 17.8 Å². The van der Waals surface area contributed by atoms with Gasteiger partial charge in [-0.3, -0.25) is 9.35 Å². The van der Waals surface area contributed by atoms with Gasteiger partial charge in [-0.2, -0.15) is 13.0 Å². The molecule has 0 atom stereocenters. The topological polar surface area (TPSA) is 352 Å². The summed E-state index contributed by atoms with van der Waals surface area (Å²) >= 11 is 0. The molecule has 113 heavy (non-hydrogen) atoms. The minimum Gasteiger partial charge on any atom is -0.486 e. The van der Waals surface area contributed by atoms with Gasteiger partial charge >= 0.3 is 5.97 Å². The summed E-state index contributed by atoms with van der Waals surface area (Å²) in [6.45, 7) is 22.4. The summed E-state index contributed by atoms with van der Waals surface area (Å²) in [5, 5.41) is 3.53. The van der Waals surface area contributed by atoms with Crippen molar-refractivity contribution in [3.63, 3.8) is 0 Å². The summed E-state index contributed by atoms with van der Waals surface area (Å²) in [4.78, 5) is 29.8. The molecule has 3 aromatic carbocycles. The van der Waals surface area contributed by atoms with Crippen LogP contribution in [0.15, 0.2) is 48.5 Å². The van der Waals surface area contributed by atoms with Crippen LogP contribution in [0.1, 0.15) is 91.6 Å². The van der Waals surface area contributed by atoms with Crippen LogP contribution in [-0.2, 0) is 116 Å². The smallest absolute Gasteiger partial charge is 0.345 e. The van der Waals surface area contributed by atoms with E-state index in [-0.39, 0.29) is 134 Å². The number of carbonyl (C=O) groups excluding carboxylic acids is 2. The number of ether oxygens (including phenoxy) is 24. The molecule has 0 spiro atoms. The van der Waals surface area contributed by atoms with Gasteiger partial charge in [-0.1, -0.05) is 27.7 Å². The number of pyridine rings is 1. The van der Waals surface area contributed by atoms with Crippen LogP contribution < -0.4 is 29.8 Å². The standard InChI is InChI=1S/C80H133N3O29S/c1-11-23-98-50-67(51-99-24-12-2)106-58-71(59-107-68(52-100-25-13-3)53-101-26-14-4)110-65-16-18-75-73(48-65)77(80(85)112-78-62(5)46-64(47-63(78)6)79(84)82-21-28-94-38-40-96-42-44-97-43-41-95-39-37-93-27-20-81)74-49-66(17-19-76(74)83(75)22-15-45-113(86,87)88)111-72(60-108-69(54-102-33-29-89-7)55-103-34-30-90-8)61-109-70(56-104-35-31-91-9)57-105-36-32-92-10/h16-19,46-49,67-72H,11-15,20-45,50-61,81H2,1-10H3,(H-,82,84,86,87,88)/p+1. The van der Waals surface area contributed by atoms with Crippen molar-refractivity contribution in [1.29, 1.82) is 0 Å². The molecule has 1 heterocycles. The molecule has 4 rings (SSSR count). The Morgan fingerprint density at radius 3 is 1.08 bits per heavy atom. The van der Waals surface area contributed by atoms with Crippen molar-refractivity contribution in [2.24, 2.45) is 5.73 Å². The van der Waals surface area contributed by atoms with E-state index in [1.54, 1.807) is 90.8 Å². The zero-order chi connectivity index (χ0) is 81.8. The molecule has 0 aliphatic heterocycles. The number of aromatic nitrogens is 1. The van der Waals surface area contributed by atoms with Gasteiger partial charge in [0.1, 0.15) is 53.9 Å². The number of nitrogens with zero attached hydrogens (tertiary/aromatic N) is 1. The Hall–Kier alpha value is -5.10. The van der Waals surface area contributed by atoms with E-state index in [0.29, 0.717) is 184 Å². The maximum atomic E-state index is 16.0. The Labute approximate surface area is 669 Å². The molecule has 33 heteroatoms. The van der Waals surface area contributed by atoms with Crippen molar-refractivity contribution < 1.29 is 141 Å². The highest BCUT2D eigenvalue weighted by atomic mass is 32.2. The molecular formula is C80H134N3O29S+. The normalized spacial score (nSPS) is 12.1. The highest BCUT2D eigenvalue weighted by Crippen LogP contribution is 2.34. The second kappa shape index (κ2) is 64.0. The highest BCUT2D eigenvalue weighted by molar-refractivity contribution is 7.85. The number of amides is 1. The molecule has 0 saturated carbocycles. The van der Waals surface area contributed by atoms with E-state index in [2.05, 4.69) is 5.32 Å². The summed E-state index contributed by atoms with van der Waals surface area (Å²) in [6.07, 6.45) is -0.634. The first-order chi connectivity index (χ1) is 55.1. The van der Waals surface area contributed by atoms with E-state index in [1.807, 2.05) is 32.3 Å². The summed E-state index contributed by atoms with van der Waals surface area (Å²) < 4.78 is 180. The van der Waals surface area contributed by atoms with Crippen LogP contribution >= 0.6 is 0 Å². The number of hydrogen-bond donors (Lipinski definition) is 3. The van der Waals surface area contributed by atoms with Crippen LogP contribution in [0, 0.1) is 13.8 Å². The average Bonchev–Trinajstić information content (AvgIpc) is 0.739. The van der Waals surface area contributed by atoms with Gasteiger partial charge in [0.05, 0.1) is 220 Å². The summed E-state index contributed by atoms with van der Waals surface area (Å²) in [5.41, 5.74) is 7.66. The van der Waals surface area contributed by atoms with Crippen LogP contribution in [0.4, 0.5) is 0 Å². The number of nitrogens with two attached hydrogens (primary N) is 1. The van der Waals surface area contributed by atoms with Gasteiger partial charge in [-0.15, -0.1) is 0 Å². The van der Waals surface area contributed by atoms with Gasteiger partial charge in [0.25, 0.3) is 16.0 Å². The molecule has 1 amide bonds. The third-order valence-electron chi connectivity index (χ3n) is 16.5. The molecule has 0 aliphatic rings. The first-order valence-electron chi connectivity index (χ1n) is 39.5. The predicted octanol–water partition coefficient (Wildman–Crippen LogP) is 6.56. The molecule has 4 aromatic rings. The van der Waals surface area contributed by atoms with Crippen LogP contribution in [0.3, 0.4) is 0 Å². The van der Waals surface area contributed by atoms with Gasteiger partial charge in [-0.05, 0) is 87.1 Å². The van der Waals surface area contributed by atoms with E-state index >= 15 is 4.79 Å². The molecule has 0 saturated heterocycles. The zero-order valence-corrected chi connectivity index (χ0v) is 69.6. The lowest BCUT2D eigenvalue weighted by atomic mass is 10.0. The quantitative estimate of drug-likeness (QED) is 0.0105. The lowest BCUT2D eigenvalue weighted by Gasteiger charge is -2.26. The van der Waals surface area contributed by atoms with Gasteiger partial charge in [0.15, 0.2) is 6.54 Å². The minimum absolute atomic E-state index is 0.00733. The molecular weight excluding hydrogens is 1500 g/mol. The number of nitrogens with one attached hydrogen (secondary N) is 1. The molecule has 1 aromatic heterocycles. The molecule has 0 bridgehead atoms. The fourth-order valence-corrected chi connectivity index (χ4v) is 11.5. The molecule has 4 N–H and O–H groups in total. The Morgan fingerprint density at radius 2 is 0.752 bits per heavy atom. The van der Waals surface area contributed by atoms with E-state index < -0.39 is 58.5 Å². The SMILES string of the molecule is CCCOCC(COCCC)OCC(COC(COCCC)COCCC)Oc1ccc2c(c1)c(C(=O)Oc1c(C)cc(C(=O)NCCOCCOCCOCCOCCOCCN)cc1C)c1cc(OC(COC(COCCOC)COCCOC)COC(COCCOC)COCCOC)ccc1[n+]2CCCS(=O)(=O)O. The fraction of sp³-hybridized carbons (Fsp3) is 0.738. The first kappa shape index (κ1) is 100. The van der Waals surface area contributed by atoms with Crippen LogP contribution in [0.2, 0.25) is 0 Å². The van der Waals surface area contributed by atoms with E-state index in [0.717, 1.165) is 25.7 Å². The van der Waals surface area contributed by atoms with E-state index in [4.69, 9.17) is 119 Å². The van der Waals surface area contributed by atoms with Crippen molar-refractivity contribution >= 4 is 43.8 Å². The average molecular weight is 1630 g/mol. The van der Waals surface area contributed by atoms with Gasteiger partial charge in [-0.25, -0.2) is 4.79 Å². The molecule has 0 unspecified atom stereocenters. The van der Waals surface area contributed by atoms with Crippen LogP contribution in [0.25, 0.3) is 21.8 Å². The number of methoxy groups -OCH3 is 4. The Balaban J connectivity index is 1.91. The van der Waals surface area contributed by atoms with Gasteiger partial charge in [0.2, 0.25) is 11.0 Å². The fourth-order valence-electron chi connectivity index (χ4n) is 11.0. The summed E-state index contributed by atoms with van der Waals surface area (Å²) in [7, 11) is 1.89. The van der Waals surface area contributed by atoms with Crippen molar-refractivity contribution in [3.8, 4) is 17.2 Å². The number of aryl methyl sites for hydroxylation is 3. The second-order valence-electron chi connectivity index (χ2n) is 26.3. The number of carbonyl (C=O) groups is 2. The number of hydrogen-bond acceptors (Lipinski definition) is 29. The monoisotopic (exact) mass is 1630 g/mol. The highest BCUT2D eigenvalue weighted by Gasteiger charge is 2.31. The number of esters is 1. The Bertz CT molecular complexity index is 3090. The summed E-state index contributed by atoms with van der Waals surface area (Å²) in [6, 6.07) is 13.7. The largest absolute Gasteiger partial charge is 0.486 e. The van der Waals surface area contributed by atoms with E-state index in [1.165, 1.54) is 0 Å². The minimum atomic E-state index is -4.44. The number of rotatable bonds is 76. The third-order valence-corrected chi connectivity index (χ3v) is 17.3. The molecule has 648 valence electrons. The third kappa shape index (κ3) is 44.3. The van der Waals surface area contributed by atoms with Gasteiger partial charge in [0, 0.05) is 92.1 Å². The predicted molar refractivity (Wildman–Crippen MR) is 422 cm³/mol. The van der Waals surface area contributed by atoms with Crippen molar-refractivity contribution in [2.75, 3.05) is 272 Å². The second-order valence-corrected chi connectivity index (χ2v) is 27.9. The van der Waals surface area contributed by atoms with Gasteiger partial charge < -0.3 is 125 Å². The molecule has 0 radical (unpaired) electrons.